The number of nitrogens with zero attached hydrogens (tertiary/aromatic N) is 1. The number of carbonyl (C=O) groups is 3. The van der Waals surface area contributed by atoms with Crippen molar-refractivity contribution in [2.75, 3.05) is 19.0 Å². The molecule has 1 saturated heterocycles. The number of hydrogen-bond donors (Lipinski definition) is 1. The lowest BCUT2D eigenvalue weighted by atomic mass is 10.2. The molecule has 0 radical (unpaired) electrons. The van der Waals surface area contributed by atoms with Crippen LogP contribution >= 0.6 is 39.3 Å². The molecule has 0 saturated carbocycles. The van der Waals surface area contributed by atoms with Gasteiger partial charge in [0.2, 0.25) is 5.91 Å². The van der Waals surface area contributed by atoms with E-state index in [2.05, 4.69) is 21.2 Å². The first-order chi connectivity index (χ1) is 13.8. The van der Waals surface area contributed by atoms with E-state index in [1.54, 1.807) is 36.4 Å². The molecule has 0 spiro atoms. The van der Waals surface area contributed by atoms with Gasteiger partial charge in [0.15, 0.2) is 0 Å². The Morgan fingerprint density at radius 3 is 2.72 bits per heavy atom. The molecule has 3 amide bonds. The second-order valence-corrected chi connectivity index (χ2v) is 8.48. The van der Waals surface area contributed by atoms with Crippen molar-refractivity contribution in [1.29, 1.82) is 0 Å². The van der Waals surface area contributed by atoms with Crippen LogP contribution in [0.15, 0.2) is 45.8 Å². The highest BCUT2D eigenvalue weighted by Crippen LogP contribution is 2.34. The van der Waals surface area contributed by atoms with Crippen LogP contribution in [0.3, 0.4) is 0 Å². The highest BCUT2D eigenvalue weighted by atomic mass is 79.9. The number of nitrogens with one attached hydrogen (secondary N) is 1. The van der Waals surface area contributed by atoms with Crippen LogP contribution in [0.25, 0.3) is 6.08 Å². The fraction of sp³-hybridized carbons (Fsp3) is 0.150. The Balaban J connectivity index is 1.74. The maximum Gasteiger partial charge on any atom is 0.294 e. The maximum atomic E-state index is 12.7. The molecule has 1 aliphatic heterocycles. The number of hydrogen-bond acceptors (Lipinski definition) is 5. The lowest BCUT2D eigenvalue weighted by molar-refractivity contribution is -0.127. The summed E-state index contributed by atoms with van der Waals surface area (Å²) in [6.45, 7) is 1.46. The third kappa shape index (κ3) is 5.01. The van der Waals surface area contributed by atoms with E-state index in [4.69, 9.17) is 16.3 Å². The van der Waals surface area contributed by atoms with Gasteiger partial charge in [0.05, 0.1) is 12.0 Å². The Morgan fingerprint density at radius 1 is 1.28 bits per heavy atom. The zero-order valence-electron chi connectivity index (χ0n) is 15.5. The van der Waals surface area contributed by atoms with Crippen LogP contribution in [0.1, 0.15) is 11.1 Å². The molecule has 3 rings (SSSR count). The number of amides is 3. The SMILES string of the molecule is COc1ccc(Br)cc1/C=C1/SC(=O)N(CC(=O)Nc2ccc(C)c(Cl)c2)C1=O. The molecule has 150 valence electrons. The standard InChI is InChI=1S/C20H16BrClN2O4S/c1-11-3-5-14(9-15(11)22)23-18(25)10-24-19(26)17(29-20(24)27)8-12-7-13(21)4-6-16(12)28-2/h3-9H,10H2,1-2H3,(H,23,25)/b17-8+. The lowest BCUT2D eigenvalue weighted by Crippen LogP contribution is -2.36. The van der Waals surface area contributed by atoms with Gasteiger partial charge in [0.1, 0.15) is 12.3 Å². The normalized spacial score (nSPS) is 15.2. The highest BCUT2D eigenvalue weighted by Gasteiger charge is 2.36. The van der Waals surface area contributed by atoms with Gasteiger partial charge in [-0.2, -0.15) is 0 Å². The first kappa shape index (κ1) is 21.4. The summed E-state index contributed by atoms with van der Waals surface area (Å²) in [6, 6.07) is 10.4. The van der Waals surface area contributed by atoms with Crippen molar-refractivity contribution in [3.05, 3.63) is 61.9 Å². The van der Waals surface area contributed by atoms with Gasteiger partial charge in [0, 0.05) is 20.7 Å². The van der Waals surface area contributed by atoms with Crippen LogP contribution in [0.5, 0.6) is 5.75 Å². The first-order valence-corrected chi connectivity index (χ1v) is 10.4. The fourth-order valence-corrected chi connectivity index (χ4v) is 4.00. The Bertz CT molecular complexity index is 1040. The van der Waals surface area contributed by atoms with Crippen molar-refractivity contribution in [2.24, 2.45) is 0 Å². The fourth-order valence-electron chi connectivity index (χ4n) is 2.61. The van der Waals surface area contributed by atoms with Crippen LogP contribution in [0, 0.1) is 6.92 Å². The molecular formula is C20H16BrClN2O4S. The Labute approximate surface area is 185 Å². The van der Waals surface area contributed by atoms with Gasteiger partial charge in [0.25, 0.3) is 11.1 Å². The summed E-state index contributed by atoms with van der Waals surface area (Å²) in [5, 5.41) is 2.65. The van der Waals surface area contributed by atoms with E-state index in [9.17, 15) is 14.4 Å². The zero-order chi connectivity index (χ0) is 21.1. The molecule has 6 nitrogen and oxygen atoms in total. The number of halogens is 2. The average molecular weight is 496 g/mol. The Morgan fingerprint density at radius 2 is 2.03 bits per heavy atom. The largest absolute Gasteiger partial charge is 0.496 e. The van der Waals surface area contributed by atoms with E-state index >= 15 is 0 Å². The van der Waals surface area contributed by atoms with E-state index in [1.807, 2.05) is 13.0 Å². The molecule has 1 heterocycles. The lowest BCUT2D eigenvalue weighted by Gasteiger charge is -2.13. The molecule has 1 aliphatic rings. The summed E-state index contributed by atoms with van der Waals surface area (Å²) >= 11 is 10.2. The number of thioether (sulfide) groups is 1. The summed E-state index contributed by atoms with van der Waals surface area (Å²) in [5.74, 6) is -0.457. The topological polar surface area (TPSA) is 75.7 Å². The van der Waals surface area contributed by atoms with Crippen molar-refractivity contribution in [1.82, 2.24) is 4.90 Å². The van der Waals surface area contributed by atoms with Crippen LogP contribution < -0.4 is 10.1 Å². The van der Waals surface area contributed by atoms with Gasteiger partial charge in [-0.05, 0) is 60.7 Å². The smallest absolute Gasteiger partial charge is 0.294 e. The van der Waals surface area contributed by atoms with E-state index in [0.29, 0.717) is 22.0 Å². The third-order valence-corrected chi connectivity index (χ3v) is 5.92. The van der Waals surface area contributed by atoms with Crippen LogP contribution in [-0.2, 0) is 9.59 Å². The van der Waals surface area contributed by atoms with Gasteiger partial charge in [-0.25, -0.2) is 0 Å². The molecule has 29 heavy (non-hydrogen) atoms. The number of anilines is 1. The Kier molecular flexibility index (Phi) is 6.66. The number of imide groups is 1. The summed E-state index contributed by atoms with van der Waals surface area (Å²) in [4.78, 5) is 38.4. The van der Waals surface area contributed by atoms with E-state index < -0.39 is 17.1 Å². The monoisotopic (exact) mass is 494 g/mol. The minimum absolute atomic E-state index is 0.220. The maximum absolute atomic E-state index is 12.7. The molecule has 0 aliphatic carbocycles. The summed E-state index contributed by atoms with van der Waals surface area (Å²) in [5.41, 5.74) is 2.02. The molecule has 9 heteroatoms. The average Bonchev–Trinajstić information content (AvgIpc) is 2.92. The van der Waals surface area contributed by atoms with Crippen molar-refractivity contribution in [2.45, 2.75) is 6.92 Å². The molecule has 0 atom stereocenters. The second kappa shape index (κ2) is 9.02. The summed E-state index contributed by atoms with van der Waals surface area (Å²) in [7, 11) is 1.52. The van der Waals surface area contributed by atoms with E-state index in [1.165, 1.54) is 7.11 Å². The predicted octanol–water partition coefficient (Wildman–Crippen LogP) is 5.09. The van der Waals surface area contributed by atoms with Gasteiger partial charge in [-0.3, -0.25) is 19.3 Å². The molecule has 0 unspecified atom stereocenters. The van der Waals surface area contributed by atoms with Crippen molar-refractivity contribution < 1.29 is 19.1 Å². The molecule has 2 aromatic carbocycles. The first-order valence-electron chi connectivity index (χ1n) is 8.43. The number of ether oxygens (including phenoxy) is 1. The number of carbonyl (C=O) groups excluding carboxylic acids is 3. The van der Waals surface area contributed by atoms with Crippen LogP contribution in [0.4, 0.5) is 10.5 Å². The molecule has 1 N–H and O–H groups in total. The van der Waals surface area contributed by atoms with Gasteiger partial charge >= 0.3 is 0 Å². The minimum atomic E-state index is -0.529. The highest BCUT2D eigenvalue weighted by molar-refractivity contribution is 9.10. The summed E-state index contributed by atoms with van der Waals surface area (Å²) in [6.07, 6.45) is 1.58. The number of benzene rings is 2. The van der Waals surface area contributed by atoms with Crippen LogP contribution in [0.2, 0.25) is 5.02 Å². The minimum Gasteiger partial charge on any atom is -0.496 e. The third-order valence-electron chi connectivity index (χ3n) is 4.11. The zero-order valence-corrected chi connectivity index (χ0v) is 18.7. The summed E-state index contributed by atoms with van der Waals surface area (Å²) < 4.78 is 6.09. The van der Waals surface area contributed by atoms with Gasteiger partial charge in [-0.1, -0.05) is 33.6 Å². The van der Waals surface area contributed by atoms with Gasteiger partial charge in [-0.15, -0.1) is 0 Å². The van der Waals surface area contributed by atoms with Gasteiger partial charge < -0.3 is 10.1 Å². The van der Waals surface area contributed by atoms with Crippen molar-refractivity contribution >= 4 is 68.1 Å². The Hall–Kier alpha value is -2.29. The van der Waals surface area contributed by atoms with Crippen molar-refractivity contribution in [3.8, 4) is 5.75 Å². The molecule has 1 fully saturated rings. The number of aryl methyl sites for hydroxylation is 1. The quantitative estimate of drug-likeness (QED) is 0.585. The molecule has 0 aromatic heterocycles. The van der Waals surface area contributed by atoms with Crippen molar-refractivity contribution in [3.63, 3.8) is 0 Å². The number of methoxy groups -OCH3 is 1. The second-order valence-electron chi connectivity index (χ2n) is 6.17. The molecule has 2 aromatic rings. The van der Waals surface area contributed by atoms with E-state index in [0.717, 1.165) is 26.7 Å². The predicted molar refractivity (Wildman–Crippen MR) is 118 cm³/mol. The molecular weight excluding hydrogens is 480 g/mol. The van der Waals surface area contributed by atoms with E-state index in [-0.39, 0.29) is 11.4 Å². The number of rotatable bonds is 5. The molecule has 0 bridgehead atoms. The van der Waals surface area contributed by atoms with Crippen LogP contribution in [-0.4, -0.2) is 35.6 Å².